The Hall–Kier alpha value is -2.20. The number of carbonyl (C=O) groups excluding carboxylic acids is 1. The summed E-state index contributed by atoms with van der Waals surface area (Å²) in [4.78, 5) is 17.3. The summed E-state index contributed by atoms with van der Waals surface area (Å²) in [6.45, 7) is 5.16. The van der Waals surface area contributed by atoms with Crippen LogP contribution in [-0.4, -0.2) is 43.8 Å². The van der Waals surface area contributed by atoms with E-state index in [4.69, 9.17) is 16.3 Å². The molecule has 1 fully saturated rings. The van der Waals surface area contributed by atoms with Crippen LogP contribution in [0.3, 0.4) is 0 Å². The molecule has 0 spiro atoms. The minimum absolute atomic E-state index is 0.187. The molecule has 0 unspecified atom stereocenters. The number of nitrogens with one attached hydrogen (secondary N) is 1. The van der Waals surface area contributed by atoms with Crippen molar-refractivity contribution in [3.63, 3.8) is 0 Å². The van der Waals surface area contributed by atoms with Gasteiger partial charge in [0, 0.05) is 18.7 Å². The molecule has 2 heterocycles. The summed E-state index contributed by atoms with van der Waals surface area (Å²) in [5, 5.41) is 3.66. The van der Waals surface area contributed by atoms with E-state index in [9.17, 15) is 13.2 Å². The van der Waals surface area contributed by atoms with E-state index in [0.717, 1.165) is 6.42 Å². The van der Waals surface area contributed by atoms with Crippen LogP contribution in [0.15, 0.2) is 41.3 Å². The average molecular weight is 494 g/mol. The second-order valence-corrected chi connectivity index (χ2v) is 11.5. The number of piperidine rings is 1. The molecule has 1 amide bonds. The number of aromatic nitrogens is 1. The van der Waals surface area contributed by atoms with Crippen molar-refractivity contribution in [2.45, 2.75) is 25.2 Å². The zero-order valence-corrected chi connectivity index (χ0v) is 20.4. The Balaban J connectivity index is 1.52. The van der Waals surface area contributed by atoms with Gasteiger partial charge in [-0.3, -0.25) is 10.1 Å². The van der Waals surface area contributed by atoms with E-state index >= 15 is 0 Å². The van der Waals surface area contributed by atoms with Crippen molar-refractivity contribution in [1.82, 2.24) is 9.29 Å². The molecule has 2 atom stereocenters. The first-order chi connectivity index (χ1) is 15.2. The van der Waals surface area contributed by atoms with Crippen LogP contribution < -0.4 is 10.1 Å². The normalized spacial score (nSPS) is 19.8. The third-order valence-corrected chi connectivity index (χ3v) is 8.77. The standard InChI is InChI=1S/C22H24ClN3O4S2/c1-13-10-14(2)12-26(11-13)32(28,29)16-6-4-15(5-7-16)21(27)25-22-24-19-18(30-3)9-8-17(23)20(19)31-22/h4-9,13-14H,10-12H2,1-3H3,(H,24,25,27)/t13-,14-/m1/s1. The number of nitrogens with zero attached hydrogens (tertiary/aromatic N) is 2. The van der Waals surface area contributed by atoms with E-state index in [1.807, 2.05) is 0 Å². The largest absolute Gasteiger partial charge is 0.494 e. The fourth-order valence-electron chi connectivity index (χ4n) is 4.07. The number of rotatable bonds is 5. The van der Waals surface area contributed by atoms with Crippen LogP contribution in [0, 0.1) is 11.8 Å². The molecular weight excluding hydrogens is 470 g/mol. The lowest BCUT2D eigenvalue weighted by molar-refractivity contribution is 0.102. The van der Waals surface area contributed by atoms with Crippen molar-refractivity contribution in [2.75, 3.05) is 25.5 Å². The van der Waals surface area contributed by atoms with Crippen molar-refractivity contribution in [3.8, 4) is 5.75 Å². The van der Waals surface area contributed by atoms with Gasteiger partial charge in [0.25, 0.3) is 5.91 Å². The summed E-state index contributed by atoms with van der Waals surface area (Å²) in [5.74, 6) is 0.819. The monoisotopic (exact) mass is 493 g/mol. The van der Waals surface area contributed by atoms with Gasteiger partial charge < -0.3 is 4.74 Å². The number of amides is 1. The van der Waals surface area contributed by atoms with Crippen LogP contribution in [0.25, 0.3) is 10.2 Å². The molecule has 0 aliphatic carbocycles. The lowest BCUT2D eigenvalue weighted by Crippen LogP contribution is -2.42. The maximum Gasteiger partial charge on any atom is 0.257 e. The van der Waals surface area contributed by atoms with Crippen molar-refractivity contribution < 1.29 is 17.9 Å². The number of halogens is 1. The highest BCUT2D eigenvalue weighted by atomic mass is 35.5. The first-order valence-electron chi connectivity index (χ1n) is 10.2. The number of thiazole rings is 1. The van der Waals surface area contributed by atoms with Gasteiger partial charge in [0.15, 0.2) is 5.13 Å². The van der Waals surface area contributed by atoms with Gasteiger partial charge in [0.1, 0.15) is 11.3 Å². The van der Waals surface area contributed by atoms with Crippen LogP contribution in [0.1, 0.15) is 30.6 Å². The van der Waals surface area contributed by atoms with E-state index in [1.165, 1.54) is 35.6 Å². The SMILES string of the molecule is COc1ccc(Cl)c2sc(NC(=O)c3ccc(S(=O)(=O)N4C[C@H](C)C[C@@H](C)C4)cc3)nc12. The molecule has 1 aliphatic heterocycles. The van der Waals surface area contributed by atoms with Crippen LogP contribution >= 0.6 is 22.9 Å². The van der Waals surface area contributed by atoms with Gasteiger partial charge in [0.2, 0.25) is 10.0 Å². The van der Waals surface area contributed by atoms with E-state index in [0.29, 0.717) is 56.6 Å². The molecule has 3 aromatic rings. The highest BCUT2D eigenvalue weighted by molar-refractivity contribution is 7.89. The fraction of sp³-hybridized carbons (Fsp3) is 0.364. The van der Waals surface area contributed by atoms with Gasteiger partial charge in [-0.25, -0.2) is 13.4 Å². The molecule has 10 heteroatoms. The van der Waals surface area contributed by atoms with Crippen LogP contribution in [0.5, 0.6) is 5.75 Å². The van der Waals surface area contributed by atoms with E-state index in [1.54, 1.807) is 23.5 Å². The van der Waals surface area contributed by atoms with Gasteiger partial charge in [0.05, 0.1) is 21.7 Å². The number of ether oxygens (including phenoxy) is 1. The third kappa shape index (κ3) is 4.47. The number of sulfonamides is 1. The third-order valence-electron chi connectivity index (χ3n) is 5.49. The Morgan fingerprint density at radius 2 is 1.81 bits per heavy atom. The second kappa shape index (κ2) is 8.97. The lowest BCUT2D eigenvalue weighted by Gasteiger charge is -2.34. The average Bonchev–Trinajstić information content (AvgIpc) is 3.18. The maximum absolute atomic E-state index is 13.0. The van der Waals surface area contributed by atoms with Crippen molar-refractivity contribution in [2.24, 2.45) is 11.8 Å². The minimum Gasteiger partial charge on any atom is -0.494 e. The summed E-state index contributed by atoms with van der Waals surface area (Å²) in [5.41, 5.74) is 0.911. The van der Waals surface area contributed by atoms with Gasteiger partial charge >= 0.3 is 0 Å². The molecule has 0 bridgehead atoms. The Morgan fingerprint density at radius 3 is 2.44 bits per heavy atom. The minimum atomic E-state index is -3.60. The molecule has 4 rings (SSSR count). The van der Waals surface area contributed by atoms with E-state index in [-0.39, 0.29) is 10.8 Å². The summed E-state index contributed by atoms with van der Waals surface area (Å²) in [7, 11) is -2.05. The van der Waals surface area contributed by atoms with Crippen LogP contribution in [0.2, 0.25) is 5.02 Å². The maximum atomic E-state index is 13.0. The number of hydrogen-bond donors (Lipinski definition) is 1. The van der Waals surface area contributed by atoms with Crippen molar-refractivity contribution in [3.05, 3.63) is 47.0 Å². The first-order valence-corrected chi connectivity index (χ1v) is 12.9. The smallest absolute Gasteiger partial charge is 0.257 e. The molecule has 32 heavy (non-hydrogen) atoms. The molecule has 7 nitrogen and oxygen atoms in total. The molecular formula is C22H24ClN3O4S2. The van der Waals surface area contributed by atoms with Crippen LogP contribution in [-0.2, 0) is 10.0 Å². The van der Waals surface area contributed by atoms with Crippen LogP contribution in [0.4, 0.5) is 5.13 Å². The summed E-state index contributed by atoms with van der Waals surface area (Å²) >= 11 is 7.48. The molecule has 1 N–H and O–H groups in total. The van der Waals surface area contributed by atoms with Crippen molar-refractivity contribution >= 4 is 54.2 Å². The molecule has 0 saturated carbocycles. The molecule has 1 aromatic heterocycles. The Kier molecular flexibility index (Phi) is 6.44. The summed E-state index contributed by atoms with van der Waals surface area (Å²) < 4.78 is 33.6. The number of hydrogen-bond acceptors (Lipinski definition) is 6. The Bertz CT molecular complexity index is 1250. The number of anilines is 1. The van der Waals surface area contributed by atoms with Gasteiger partial charge in [-0.05, 0) is 54.7 Å². The Labute approximate surface area is 196 Å². The quantitative estimate of drug-likeness (QED) is 0.547. The zero-order chi connectivity index (χ0) is 23.0. The number of methoxy groups -OCH3 is 1. The summed E-state index contributed by atoms with van der Waals surface area (Å²) in [6.07, 6.45) is 1.02. The first kappa shape index (κ1) is 23.0. The lowest BCUT2D eigenvalue weighted by atomic mass is 9.94. The highest BCUT2D eigenvalue weighted by Gasteiger charge is 2.31. The molecule has 1 saturated heterocycles. The van der Waals surface area contributed by atoms with Crippen molar-refractivity contribution in [1.29, 1.82) is 0 Å². The predicted molar refractivity (Wildman–Crippen MR) is 127 cm³/mol. The Morgan fingerprint density at radius 1 is 1.16 bits per heavy atom. The molecule has 170 valence electrons. The van der Waals surface area contributed by atoms with Gasteiger partial charge in [-0.2, -0.15) is 4.31 Å². The van der Waals surface area contributed by atoms with Gasteiger partial charge in [-0.1, -0.05) is 36.8 Å². The summed E-state index contributed by atoms with van der Waals surface area (Å²) in [6, 6.07) is 9.42. The highest BCUT2D eigenvalue weighted by Crippen LogP contribution is 2.37. The second-order valence-electron chi connectivity index (χ2n) is 8.19. The predicted octanol–water partition coefficient (Wildman–Crippen LogP) is 4.88. The topological polar surface area (TPSA) is 88.6 Å². The van der Waals surface area contributed by atoms with E-state index < -0.39 is 10.0 Å². The molecule has 1 aliphatic rings. The van der Waals surface area contributed by atoms with Gasteiger partial charge in [-0.15, -0.1) is 0 Å². The number of carbonyl (C=O) groups is 1. The zero-order valence-electron chi connectivity index (χ0n) is 18.0. The number of benzene rings is 2. The molecule has 0 radical (unpaired) electrons. The fourth-order valence-corrected chi connectivity index (χ4v) is 6.90. The van der Waals surface area contributed by atoms with E-state index in [2.05, 4.69) is 24.1 Å². The molecule has 2 aromatic carbocycles. The number of fused-ring (bicyclic) bond motifs is 1.